The zero-order valence-electron chi connectivity index (χ0n) is 11.1. The summed E-state index contributed by atoms with van der Waals surface area (Å²) in [5.41, 5.74) is -0.0492. The van der Waals surface area contributed by atoms with Gasteiger partial charge in [-0.15, -0.1) is 0 Å². The molecule has 0 aromatic heterocycles. The summed E-state index contributed by atoms with van der Waals surface area (Å²) in [6, 6.07) is 0. The van der Waals surface area contributed by atoms with Gasteiger partial charge in [0.25, 0.3) is 0 Å². The van der Waals surface area contributed by atoms with Gasteiger partial charge in [-0.1, -0.05) is 6.92 Å². The van der Waals surface area contributed by atoms with Gasteiger partial charge in [-0.25, -0.2) is 0 Å². The van der Waals surface area contributed by atoms with Crippen molar-refractivity contribution in [3.05, 3.63) is 0 Å². The van der Waals surface area contributed by atoms with Crippen LogP contribution < -0.4 is 0 Å². The van der Waals surface area contributed by atoms with Crippen LogP contribution >= 0.6 is 0 Å². The van der Waals surface area contributed by atoms with Gasteiger partial charge >= 0.3 is 0 Å². The lowest BCUT2D eigenvalue weighted by molar-refractivity contribution is -0.129. The van der Waals surface area contributed by atoms with Crippen molar-refractivity contribution in [2.45, 2.75) is 58.7 Å². The van der Waals surface area contributed by atoms with E-state index in [0.29, 0.717) is 18.3 Å². The van der Waals surface area contributed by atoms with Crippen LogP contribution in [0.15, 0.2) is 0 Å². The maximum atomic E-state index is 11.2. The maximum absolute atomic E-state index is 11.2. The van der Waals surface area contributed by atoms with Crippen LogP contribution in [0.1, 0.15) is 47.0 Å². The summed E-state index contributed by atoms with van der Waals surface area (Å²) in [5, 5.41) is 0. The van der Waals surface area contributed by atoms with Gasteiger partial charge in [0, 0.05) is 25.9 Å². The van der Waals surface area contributed by atoms with Gasteiger partial charge < -0.3 is 4.74 Å². The van der Waals surface area contributed by atoms with Crippen LogP contribution in [0.3, 0.4) is 0 Å². The molecule has 1 aliphatic heterocycles. The molecule has 0 spiro atoms. The van der Waals surface area contributed by atoms with Crippen molar-refractivity contribution >= 4 is 5.78 Å². The Balaban J connectivity index is 2.29. The van der Waals surface area contributed by atoms with E-state index in [9.17, 15) is 4.79 Å². The Kier molecular flexibility index (Phi) is 4.93. The van der Waals surface area contributed by atoms with Gasteiger partial charge in [0.2, 0.25) is 0 Å². The lowest BCUT2D eigenvalue weighted by Crippen LogP contribution is -2.51. The average molecular weight is 227 g/mol. The topological polar surface area (TPSA) is 29.5 Å². The summed E-state index contributed by atoms with van der Waals surface area (Å²) in [6.45, 7) is 11.3. The van der Waals surface area contributed by atoms with Crippen LogP contribution in [-0.2, 0) is 9.53 Å². The Morgan fingerprint density at radius 3 is 2.75 bits per heavy atom. The third-order valence-electron chi connectivity index (χ3n) is 2.96. The lowest BCUT2D eigenvalue weighted by Gasteiger charge is -2.41. The number of ketones is 1. The fourth-order valence-electron chi connectivity index (χ4n) is 2.43. The number of ether oxygens (including phenoxy) is 1. The van der Waals surface area contributed by atoms with Gasteiger partial charge in [0.1, 0.15) is 5.78 Å². The largest absolute Gasteiger partial charge is 0.370 e. The van der Waals surface area contributed by atoms with Gasteiger partial charge in [-0.2, -0.15) is 0 Å². The molecule has 0 N–H and O–H groups in total. The van der Waals surface area contributed by atoms with Gasteiger partial charge in [-0.05, 0) is 33.7 Å². The summed E-state index contributed by atoms with van der Waals surface area (Å²) in [6.07, 6.45) is 2.67. The molecule has 94 valence electrons. The second-order valence-electron chi connectivity index (χ2n) is 5.42. The highest BCUT2D eigenvalue weighted by Crippen LogP contribution is 2.20. The third-order valence-corrected chi connectivity index (χ3v) is 2.96. The number of rotatable bonds is 5. The highest BCUT2D eigenvalue weighted by atomic mass is 16.5. The van der Waals surface area contributed by atoms with Gasteiger partial charge in [0.15, 0.2) is 0 Å². The van der Waals surface area contributed by atoms with Crippen molar-refractivity contribution in [2.75, 3.05) is 19.6 Å². The second kappa shape index (κ2) is 5.78. The number of carbonyl (C=O) groups is 1. The van der Waals surface area contributed by atoms with Crippen LogP contribution in [0, 0.1) is 0 Å². The van der Waals surface area contributed by atoms with E-state index in [4.69, 9.17) is 4.74 Å². The number of morpholine rings is 1. The number of hydrogen-bond acceptors (Lipinski definition) is 3. The van der Waals surface area contributed by atoms with Gasteiger partial charge in [-0.3, -0.25) is 9.69 Å². The highest BCUT2D eigenvalue weighted by molar-refractivity contribution is 5.77. The van der Waals surface area contributed by atoms with Crippen molar-refractivity contribution in [2.24, 2.45) is 0 Å². The van der Waals surface area contributed by atoms with Crippen LogP contribution in [0.4, 0.5) is 0 Å². The number of hydrogen-bond donors (Lipinski definition) is 0. The maximum Gasteiger partial charge on any atom is 0.132 e. The third kappa shape index (κ3) is 4.62. The fourth-order valence-corrected chi connectivity index (χ4v) is 2.43. The molecular weight excluding hydrogens is 202 g/mol. The first-order valence-electron chi connectivity index (χ1n) is 6.35. The lowest BCUT2D eigenvalue weighted by atomic mass is 10.0. The normalized spacial score (nSPS) is 25.6. The van der Waals surface area contributed by atoms with Crippen molar-refractivity contribution in [3.8, 4) is 0 Å². The van der Waals surface area contributed by atoms with Crippen LogP contribution in [0.25, 0.3) is 0 Å². The Morgan fingerprint density at radius 2 is 2.19 bits per heavy atom. The van der Waals surface area contributed by atoms with E-state index in [1.807, 2.05) is 6.92 Å². The molecule has 0 saturated carbocycles. The van der Waals surface area contributed by atoms with Crippen molar-refractivity contribution < 1.29 is 9.53 Å². The summed E-state index contributed by atoms with van der Waals surface area (Å²) in [4.78, 5) is 13.6. The predicted molar refractivity (Wildman–Crippen MR) is 65.6 cm³/mol. The zero-order chi connectivity index (χ0) is 12.2. The first-order chi connectivity index (χ1) is 7.43. The Morgan fingerprint density at radius 1 is 1.50 bits per heavy atom. The molecular formula is C13H25NO2. The van der Waals surface area contributed by atoms with E-state index in [0.717, 1.165) is 32.5 Å². The standard InChI is InChI=1S/C13H25NO2/c1-5-12(15)7-6-8-14-9-11(2)16-13(3,4)10-14/h11H,5-10H2,1-4H3. The molecule has 0 bridgehead atoms. The number of Topliss-reactive ketones (excluding diaryl/α,β-unsaturated/α-hetero) is 1. The molecule has 0 aromatic carbocycles. The molecule has 1 saturated heterocycles. The predicted octanol–water partition coefficient (Wildman–Crippen LogP) is 2.25. The molecule has 1 atom stereocenters. The van der Waals surface area contributed by atoms with E-state index in [-0.39, 0.29) is 5.60 Å². The van der Waals surface area contributed by atoms with E-state index in [1.165, 1.54) is 0 Å². The zero-order valence-corrected chi connectivity index (χ0v) is 11.1. The van der Waals surface area contributed by atoms with E-state index < -0.39 is 0 Å². The van der Waals surface area contributed by atoms with Crippen molar-refractivity contribution in [1.29, 1.82) is 0 Å². The number of carbonyl (C=O) groups excluding carboxylic acids is 1. The molecule has 1 rings (SSSR count). The highest BCUT2D eigenvalue weighted by Gasteiger charge is 2.30. The van der Waals surface area contributed by atoms with Crippen LogP contribution in [-0.4, -0.2) is 42.0 Å². The Hall–Kier alpha value is -0.410. The summed E-state index contributed by atoms with van der Waals surface area (Å²) in [7, 11) is 0. The summed E-state index contributed by atoms with van der Waals surface area (Å²) >= 11 is 0. The summed E-state index contributed by atoms with van der Waals surface area (Å²) in [5.74, 6) is 0.376. The molecule has 1 heterocycles. The minimum absolute atomic E-state index is 0.0492. The molecule has 1 aliphatic rings. The van der Waals surface area contributed by atoms with Crippen molar-refractivity contribution in [1.82, 2.24) is 4.90 Å². The average Bonchev–Trinajstić information content (AvgIpc) is 2.14. The van der Waals surface area contributed by atoms with Crippen LogP contribution in [0.5, 0.6) is 0 Å². The van der Waals surface area contributed by atoms with E-state index in [1.54, 1.807) is 0 Å². The number of nitrogens with zero attached hydrogens (tertiary/aromatic N) is 1. The molecule has 0 aromatic rings. The first-order valence-corrected chi connectivity index (χ1v) is 6.35. The molecule has 1 unspecified atom stereocenters. The van der Waals surface area contributed by atoms with Crippen LogP contribution in [0.2, 0.25) is 0 Å². The van der Waals surface area contributed by atoms with Crippen molar-refractivity contribution in [3.63, 3.8) is 0 Å². The first kappa shape index (κ1) is 13.7. The molecule has 3 heteroatoms. The second-order valence-corrected chi connectivity index (χ2v) is 5.42. The molecule has 16 heavy (non-hydrogen) atoms. The molecule has 3 nitrogen and oxygen atoms in total. The molecule has 0 amide bonds. The fraction of sp³-hybridized carbons (Fsp3) is 0.923. The minimum Gasteiger partial charge on any atom is -0.370 e. The molecule has 0 aliphatic carbocycles. The molecule has 1 fully saturated rings. The van der Waals surface area contributed by atoms with Gasteiger partial charge in [0.05, 0.1) is 11.7 Å². The Bertz CT molecular complexity index is 238. The quantitative estimate of drug-likeness (QED) is 0.721. The minimum atomic E-state index is -0.0492. The Labute approximate surface area is 99.1 Å². The monoisotopic (exact) mass is 227 g/mol. The smallest absolute Gasteiger partial charge is 0.132 e. The van der Waals surface area contributed by atoms with E-state index >= 15 is 0 Å². The summed E-state index contributed by atoms with van der Waals surface area (Å²) < 4.78 is 5.84. The van der Waals surface area contributed by atoms with E-state index in [2.05, 4.69) is 25.7 Å². The SMILES string of the molecule is CCC(=O)CCCN1CC(C)OC(C)(C)C1. The molecule has 0 radical (unpaired) electrons.